The summed E-state index contributed by atoms with van der Waals surface area (Å²) in [5.74, 6) is -0.615. The summed E-state index contributed by atoms with van der Waals surface area (Å²) in [5, 5.41) is 0. The van der Waals surface area contributed by atoms with Gasteiger partial charge < -0.3 is 4.90 Å². The number of carbonyl (C=O) groups excluding carboxylic acids is 1. The van der Waals surface area contributed by atoms with Crippen molar-refractivity contribution >= 4 is 21.6 Å². The lowest BCUT2D eigenvalue weighted by Crippen LogP contribution is -2.35. The minimum atomic E-state index is -3.62. The third kappa shape index (κ3) is 3.29. The lowest BCUT2D eigenvalue weighted by molar-refractivity contribution is 0.0985. The number of benzene rings is 2. The molecule has 0 atom stereocenters. The SMILES string of the molecule is CN(C)S(=O)(=O)c1cccc(C(=O)N2CCCc3cc(F)ccc32)c1. The van der Waals surface area contributed by atoms with Gasteiger partial charge in [0.1, 0.15) is 5.82 Å². The van der Waals surface area contributed by atoms with Gasteiger partial charge in [0.15, 0.2) is 0 Å². The summed E-state index contributed by atoms with van der Waals surface area (Å²) in [5.41, 5.74) is 1.76. The average Bonchev–Trinajstić information content (AvgIpc) is 2.60. The van der Waals surface area contributed by atoms with Crippen LogP contribution in [0, 0.1) is 5.82 Å². The van der Waals surface area contributed by atoms with Crippen LogP contribution in [0.5, 0.6) is 0 Å². The Kier molecular flexibility index (Phi) is 4.62. The maximum Gasteiger partial charge on any atom is 0.258 e. The maximum absolute atomic E-state index is 13.4. The minimum absolute atomic E-state index is 0.0692. The molecule has 0 saturated heterocycles. The zero-order valence-corrected chi connectivity index (χ0v) is 14.9. The molecule has 1 heterocycles. The fourth-order valence-electron chi connectivity index (χ4n) is 2.93. The molecular formula is C18H19FN2O3S. The molecule has 0 aliphatic carbocycles. The van der Waals surface area contributed by atoms with Crippen molar-refractivity contribution < 1.29 is 17.6 Å². The number of nitrogens with zero attached hydrogens (tertiary/aromatic N) is 2. The molecule has 0 radical (unpaired) electrons. The van der Waals surface area contributed by atoms with Gasteiger partial charge in [-0.05, 0) is 54.8 Å². The van der Waals surface area contributed by atoms with E-state index in [1.54, 1.807) is 23.1 Å². The van der Waals surface area contributed by atoms with E-state index in [1.165, 1.54) is 38.4 Å². The number of aryl methyl sites for hydroxylation is 1. The van der Waals surface area contributed by atoms with Crippen LogP contribution in [-0.4, -0.2) is 39.3 Å². The van der Waals surface area contributed by atoms with Gasteiger partial charge in [0, 0.05) is 31.9 Å². The summed E-state index contributed by atoms with van der Waals surface area (Å²) < 4.78 is 39.1. The number of sulfonamides is 1. The zero-order chi connectivity index (χ0) is 18.2. The number of amides is 1. The van der Waals surface area contributed by atoms with Gasteiger partial charge in [-0.3, -0.25) is 4.79 Å². The second kappa shape index (κ2) is 6.57. The fraction of sp³-hybridized carbons (Fsp3) is 0.278. The van der Waals surface area contributed by atoms with Gasteiger partial charge in [-0.25, -0.2) is 17.1 Å². The van der Waals surface area contributed by atoms with Crippen LogP contribution in [0.3, 0.4) is 0 Å². The van der Waals surface area contributed by atoms with E-state index in [0.29, 0.717) is 24.2 Å². The molecule has 0 saturated carbocycles. The summed E-state index contributed by atoms with van der Waals surface area (Å²) in [4.78, 5) is 14.6. The zero-order valence-electron chi connectivity index (χ0n) is 14.1. The first-order valence-electron chi connectivity index (χ1n) is 7.93. The largest absolute Gasteiger partial charge is 0.308 e. The molecule has 25 heavy (non-hydrogen) atoms. The number of hydrogen-bond acceptors (Lipinski definition) is 3. The topological polar surface area (TPSA) is 57.7 Å². The molecule has 1 aliphatic heterocycles. The van der Waals surface area contributed by atoms with Crippen molar-refractivity contribution in [1.29, 1.82) is 0 Å². The number of anilines is 1. The van der Waals surface area contributed by atoms with Crippen LogP contribution in [0.25, 0.3) is 0 Å². The monoisotopic (exact) mass is 362 g/mol. The van der Waals surface area contributed by atoms with Crippen molar-refractivity contribution in [2.24, 2.45) is 0 Å². The molecule has 2 aromatic rings. The number of rotatable bonds is 3. The number of hydrogen-bond donors (Lipinski definition) is 0. The number of halogens is 1. The van der Waals surface area contributed by atoms with E-state index in [1.807, 2.05) is 0 Å². The minimum Gasteiger partial charge on any atom is -0.308 e. The van der Waals surface area contributed by atoms with Crippen molar-refractivity contribution in [3.8, 4) is 0 Å². The van der Waals surface area contributed by atoms with E-state index in [9.17, 15) is 17.6 Å². The van der Waals surface area contributed by atoms with E-state index in [2.05, 4.69) is 0 Å². The second-order valence-corrected chi connectivity index (χ2v) is 8.30. The molecule has 2 aromatic carbocycles. The number of carbonyl (C=O) groups is 1. The Morgan fingerprint density at radius 3 is 2.64 bits per heavy atom. The Morgan fingerprint density at radius 2 is 1.92 bits per heavy atom. The van der Waals surface area contributed by atoms with Gasteiger partial charge in [0.25, 0.3) is 5.91 Å². The first-order chi connectivity index (χ1) is 11.8. The molecule has 0 bridgehead atoms. The van der Waals surface area contributed by atoms with Gasteiger partial charge in [-0.15, -0.1) is 0 Å². The standard InChI is InChI=1S/C18H19FN2O3S/c1-20(2)25(23,24)16-7-3-5-14(12-16)18(22)21-10-4-6-13-11-15(19)8-9-17(13)21/h3,5,7-9,11-12H,4,6,10H2,1-2H3. The van der Waals surface area contributed by atoms with Crippen LogP contribution in [0.1, 0.15) is 22.3 Å². The lowest BCUT2D eigenvalue weighted by Gasteiger charge is -2.29. The van der Waals surface area contributed by atoms with Gasteiger partial charge >= 0.3 is 0 Å². The average molecular weight is 362 g/mol. The van der Waals surface area contributed by atoms with Crippen LogP contribution < -0.4 is 4.90 Å². The van der Waals surface area contributed by atoms with Crippen LogP contribution in [0.4, 0.5) is 10.1 Å². The molecule has 7 heteroatoms. The molecule has 0 aromatic heterocycles. The van der Waals surface area contributed by atoms with Crippen LogP contribution in [0.2, 0.25) is 0 Å². The van der Waals surface area contributed by atoms with Crippen LogP contribution in [-0.2, 0) is 16.4 Å². The molecule has 132 valence electrons. The van der Waals surface area contributed by atoms with Crippen molar-refractivity contribution in [2.75, 3.05) is 25.5 Å². The van der Waals surface area contributed by atoms with E-state index < -0.39 is 10.0 Å². The van der Waals surface area contributed by atoms with Crippen molar-refractivity contribution in [1.82, 2.24) is 4.31 Å². The smallest absolute Gasteiger partial charge is 0.258 e. The first-order valence-corrected chi connectivity index (χ1v) is 9.37. The third-order valence-electron chi connectivity index (χ3n) is 4.26. The molecule has 5 nitrogen and oxygen atoms in total. The Morgan fingerprint density at radius 1 is 1.16 bits per heavy atom. The summed E-state index contributed by atoms with van der Waals surface area (Å²) >= 11 is 0. The molecular weight excluding hydrogens is 343 g/mol. The van der Waals surface area contributed by atoms with E-state index in [0.717, 1.165) is 16.3 Å². The predicted octanol–water partition coefficient (Wildman–Crippen LogP) is 2.67. The second-order valence-electron chi connectivity index (χ2n) is 6.15. The highest BCUT2D eigenvalue weighted by Crippen LogP contribution is 2.29. The Hall–Kier alpha value is -2.25. The maximum atomic E-state index is 13.4. The highest BCUT2D eigenvalue weighted by molar-refractivity contribution is 7.89. The van der Waals surface area contributed by atoms with Gasteiger partial charge in [-0.1, -0.05) is 6.07 Å². The van der Waals surface area contributed by atoms with Crippen molar-refractivity contribution in [3.63, 3.8) is 0 Å². The Labute approximate surface area is 146 Å². The lowest BCUT2D eigenvalue weighted by atomic mass is 10.0. The van der Waals surface area contributed by atoms with Crippen LogP contribution in [0.15, 0.2) is 47.4 Å². The molecule has 1 amide bonds. The molecule has 0 spiro atoms. The molecule has 0 unspecified atom stereocenters. The third-order valence-corrected chi connectivity index (χ3v) is 6.08. The Bertz CT molecular complexity index is 926. The molecule has 1 aliphatic rings. The molecule has 3 rings (SSSR count). The number of fused-ring (bicyclic) bond motifs is 1. The van der Waals surface area contributed by atoms with E-state index in [-0.39, 0.29) is 16.6 Å². The summed E-state index contributed by atoms with van der Waals surface area (Å²) in [7, 11) is -0.729. The predicted molar refractivity (Wildman–Crippen MR) is 93.7 cm³/mol. The first kappa shape index (κ1) is 17.6. The highest BCUT2D eigenvalue weighted by atomic mass is 32.2. The Balaban J connectivity index is 1.98. The van der Waals surface area contributed by atoms with Crippen molar-refractivity contribution in [2.45, 2.75) is 17.7 Å². The van der Waals surface area contributed by atoms with E-state index >= 15 is 0 Å². The summed E-state index contributed by atoms with van der Waals surface area (Å²) in [6.45, 7) is 0.516. The molecule has 0 fully saturated rings. The highest BCUT2D eigenvalue weighted by Gasteiger charge is 2.25. The van der Waals surface area contributed by atoms with Crippen molar-refractivity contribution in [3.05, 3.63) is 59.4 Å². The summed E-state index contributed by atoms with van der Waals surface area (Å²) in [6, 6.07) is 10.4. The van der Waals surface area contributed by atoms with Gasteiger partial charge in [-0.2, -0.15) is 0 Å². The van der Waals surface area contributed by atoms with Gasteiger partial charge in [0.05, 0.1) is 4.90 Å². The van der Waals surface area contributed by atoms with Crippen LogP contribution >= 0.6 is 0 Å². The molecule has 0 N–H and O–H groups in total. The van der Waals surface area contributed by atoms with Gasteiger partial charge in [0.2, 0.25) is 10.0 Å². The fourth-order valence-corrected chi connectivity index (χ4v) is 3.88. The summed E-state index contributed by atoms with van der Waals surface area (Å²) in [6.07, 6.45) is 1.45. The normalized spacial score (nSPS) is 14.5. The quantitative estimate of drug-likeness (QED) is 0.843. The van der Waals surface area contributed by atoms with E-state index in [4.69, 9.17) is 0 Å².